The highest BCUT2D eigenvalue weighted by Gasteiger charge is 2.20. The average molecular weight is 538 g/mol. The van der Waals surface area contributed by atoms with Crippen molar-refractivity contribution in [2.24, 2.45) is 0 Å². The number of morpholine rings is 1. The topological polar surface area (TPSA) is 45.7 Å². The summed E-state index contributed by atoms with van der Waals surface area (Å²) in [5.74, 6) is 0.712. The number of anilines is 1. The molecule has 1 aliphatic rings. The van der Waals surface area contributed by atoms with E-state index in [2.05, 4.69) is 30.0 Å². The molecule has 1 aliphatic heterocycles. The average Bonchev–Trinajstić information content (AvgIpc) is 3.29. The zero-order valence-corrected chi connectivity index (χ0v) is 22.5. The Labute approximate surface area is 221 Å². The van der Waals surface area contributed by atoms with Crippen molar-refractivity contribution in [2.45, 2.75) is 37.5 Å². The minimum Gasteiger partial charge on any atom is -0.379 e. The highest BCUT2D eigenvalue weighted by atomic mass is 35.5. The van der Waals surface area contributed by atoms with Crippen LogP contribution < -0.4 is 4.90 Å². The Bertz CT molecular complexity index is 1070. The largest absolute Gasteiger partial charge is 0.379 e. The van der Waals surface area contributed by atoms with Crippen molar-refractivity contribution in [3.8, 4) is 0 Å². The summed E-state index contributed by atoms with van der Waals surface area (Å²) < 4.78 is 19.7. The van der Waals surface area contributed by atoms with E-state index in [1.807, 2.05) is 4.90 Å². The maximum atomic E-state index is 13.3. The van der Waals surface area contributed by atoms with Gasteiger partial charge < -0.3 is 4.74 Å². The first-order chi connectivity index (χ1) is 16.6. The fraction of sp³-hybridized carbons (Fsp3) is 0.462. The van der Waals surface area contributed by atoms with Crippen molar-refractivity contribution in [1.29, 1.82) is 0 Å². The van der Waals surface area contributed by atoms with Gasteiger partial charge >= 0.3 is 0 Å². The predicted molar refractivity (Wildman–Crippen MR) is 147 cm³/mol. The fourth-order valence-electron chi connectivity index (χ4n) is 3.98. The van der Waals surface area contributed by atoms with Crippen LogP contribution >= 0.6 is 35.5 Å². The molecule has 35 heavy (non-hydrogen) atoms. The number of thioether (sulfide) groups is 1. The highest BCUT2D eigenvalue weighted by molar-refractivity contribution is 7.99. The Morgan fingerprint density at radius 2 is 1.94 bits per heavy atom. The Morgan fingerprint density at radius 1 is 1.17 bits per heavy atom. The van der Waals surface area contributed by atoms with Crippen molar-refractivity contribution in [2.75, 3.05) is 50.0 Å². The summed E-state index contributed by atoms with van der Waals surface area (Å²) in [6.07, 6.45) is 3.14. The number of amides is 1. The Morgan fingerprint density at radius 3 is 2.69 bits per heavy atom. The SMILES string of the molecule is CCc1ccc2nc(N(CCCN3CCOCC3)C(=O)CCCSc3ccc(F)cc3)sc2c1.Cl. The third-order valence-electron chi connectivity index (χ3n) is 5.96. The molecule has 9 heteroatoms. The second-order valence-corrected chi connectivity index (χ2v) is 10.6. The monoisotopic (exact) mass is 537 g/mol. The normalized spacial score (nSPS) is 14.1. The van der Waals surface area contributed by atoms with Gasteiger partial charge in [0, 0.05) is 37.5 Å². The lowest BCUT2D eigenvalue weighted by Crippen LogP contribution is -2.39. The third kappa shape index (κ3) is 8.15. The van der Waals surface area contributed by atoms with Gasteiger partial charge in [0.05, 0.1) is 23.4 Å². The van der Waals surface area contributed by atoms with Crippen molar-refractivity contribution in [1.82, 2.24) is 9.88 Å². The van der Waals surface area contributed by atoms with Gasteiger partial charge in [-0.25, -0.2) is 9.37 Å². The van der Waals surface area contributed by atoms with Gasteiger partial charge in [0.2, 0.25) is 5.91 Å². The van der Waals surface area contributed by atoms with Crippen molar-refractivity contribution >= 4 is 56.8 Å². The van der Waals surface area contributed by atoms with E-state index in [0.29, 0.717) is 13.0 Å². The van der Waals surface area contributed by atoms with Crippen LogP contribution in [0.2, 0.25) is 0 Å². The summed E-state index contributed by atoms with van der Waals surface area (Å²) in [6, 6.07) is 12.9. The van der Waals surface area contributed by atoms with Gasteiger partial charge in [-0.2, -0.15) is 0 Å². The van der Waals surface area contributed by atoms with Gasteiger partial charge in [0.1, 0.15) is 5.82 Å². The van der Waals surface area contributed by atoms with Crippen LogP contribution in [0.5, 0.6) is 0 Å². The summed E-state index contributed by atoms with van der Waals surface area (Å²) in [6.45, 7) is 7.25. The zero-order valence-electron chi connectivity index (χ0n) is 20.1. The molecular formula is C26H33ClFN3O2S2. The summed E-state index contributed by atoms with van der Waals surface area (Å²) in [5.41, 5.74) is 2.24. The summed E-state index contributed by atoms with van der Waals surface area (Å²) in [4.78, 5) is 23.4. The van der Waals surface area contributed by atoms with E-state index >= 15 is 0 Å². The first-order valence-electron chi connectivity index (χ1n) is 12.0. The van der Waals surface area contributed by atoms with Crippen LogP contribution in [-0.2, 0) is 16.0 Å². The van der Waals surface area contributed by atoms with Crippen molar-refractivity contribution in [3.05, 3.63) is 53.8 Å². The lowest BCUT2D eigenvalue weighted by atomic mass is 10.2. The first-order valence-corrected chi connectivity index (χ1v) is 13.8. The fourth-order valence-corrected chi connectivity index (χ4v) is 5.90. The Balaban J connectivity index is 0.00000342. The molecule has 1 aromatic heterocycles. The van der Waals surface area contributed by atoms with Gasteiger partial charge in [0.15, 0.2) is 5.13 Å². The number of carbonyl (C=O) groups excluding carboxylic acids is 1. The lowest BCUT2D eigenvalue weighted by molar-refractivity contribution is -0.118. The van der Waals surface area contributed by atoms with E-state index in [1.54, 1.807) is 35.2 Å². The maximum Gasteiger partial charge on any atom is 0.228 e. The number of hydrogen-bond acceptors (Lipinski definition) is 6. The summed E-state index contributed by atoms with van der Waals surface area (Å²) in [7, 11) is 0. The molecule has 1 fully saturated rings. The molecule has 0 aliphatic carbocycles. The Kier molecular flexibility index (Phi) is 11.3. The smallest absolute Gasteiger partial charge is 0.228 e. The molecule has 0 bridgehead atoms. The number of benzene rings is 2. The lowest BCUT2D eigenvalue weighted by Gasteiger charge is -2.27. The number of nitrogens with zero attached hydrogens (tertiary/aromatic N) is 3. The minimum atomic E-state index is -0.228. The molecule has 190 valence electrons. The molecule has 2 aromatic carbocycles. The molecule has 0 radical (unpaired) electrons. The minimum absolute atomic E-state index is 0. The number of thiazole rings is 1. The van der Waals surface area contributed by atoms with Crippen molar-refractivity contribution < 1.29 is 13.9 Å². The first kappa shape index (κ1) is 27.9. The number of halogens is 2. The number of aryl methyl sites for hydroxylation is 1. The summed E-state index contributed by atoms with van der Waals surface area (Å²) >= 11 is 3.26. The van der Waals surface area contributed by atoms with Crippen LogP contribution in [-0.4, -0.2) is 60.9 Å². The van der Waals surface area contributed by atoms with E-state index in [1.165, 1.54) is 17.7 Å². The molecule has 5 nitrogen and oxygen atoms in total. The molecule has 1 amide bonds. The molecule has 0 saturated carbocycles. The van der Waals surface area contributed by atoms with Gasteiger partial charge in [-0.3, -0.25) is 14.6 Å². The molecule has 4 rings (SSSR count). The molecule has 0 spiro atoms. The van der Waals surface area contributed by atoms with Crippen LogP contribution in [0.3, 0.4) is 0 Å². The van der Waals surface area contributed by atoms with Crippen LogP contribution in [0.1, 0.15) is 31.7 Å². The van der Waals surface area contributed by atoms with Crippen LogP contribution in [0.25, 0.3) is 10.2 Å². The van der Waals surface area contributed by atoms with Crippen molar-refractivity contribution in [3.63, 3.8) is 0 Å². The highest BCUT2D eigenvalue weighted by Crippen LogP contribution is 2.31. The number of fused-ring (bicyclic) bond motifs is 1. The second-order valence-electron chi connectivity index (χ2n) is 8.41. The summed E-state index contributed by atoms with van der Waals surface area (Å²) in [5, 5.41) is 0.793. The molecule has 0 atom stereocenters. The number of aromatic nitrogens is 1. The number of ether oxygens (including phenoxy) is 1. The number of hydrogen-bond donors (Lipinski definition) is 0. The molecule has 0 unspecified atom stereocenters. The molecule has 1 saturated heterocycles. The van der Waals surface area contributed by atoms with E-state index in [-0.39, 0.29) is 24.1 Å². The second kappa shape index (κ2) is 14.1. The van der Waals surface area contributed by atoms with Gasteiger partial charge in [0.25, 0.3) is 0 Å². The molecular weight excluding hydrogens is 505 g/mol. The standard InChI is InChI=1S/C26H32FN3O2S2.ClH/c1-2-20-6-11-23-24(19-20)34-26(28-23)30(13-4-12-29-14-16-32-17-15-29)25(31)5-3-18-33-22-9-7-21(27)8-10-22;/h6-11,19H,2-5,12-18H2,1H3;1H. The number of rotatable bonds is 11. The van der Waals surface area contributed by atoms with E-state index in [4.69, 9.17) is 9.72 Å². The van der Waals surface area contributed by atoms with Crippen LogP contribution in [0.4, 0.5) is 9.52 Å². The van der Waals surface area contributed by atoms with Gasteiger partial charge in [-0.15, -0.1) is 24.2 Å². The van der Waals surface area contributed by atoms with Gasteiger partial charge in [-0.1, -0.05) is 24.3 Å². The number of carbonyl (C=O) groups is 1. The van der Waals surface area contributed by atoms with Gasteiger partial charge in [-0.05, 0) is 67.0 Å². The molecule has 3 aromatic rings. The van der Waals surface area contributed by atoms with E-state index < -0.39 is 0 Å². The van der Waals surface area contributed by atoms with E-state index in [9.17, 15) is 9.18 Å². The third-order valence-corrected chi connectivity index (χ3v) is 8.10. The van der Waals surface area contributed by atoms with E-state index in [0.717, 1.165) is 78.1 Å². The van der Waals surface area contributed by atoms with Crippen LogP contribution in [0.15, 0.2) is 47.4 Å². The predicted octanol–water partition coefficient (Wildman–Crippen LogP) is 6.05. The quantitative estimate of drug-likeness (QED) is 0.220. The van der Waals surface area contributed by atoms with Crippen LogP contribution in [0, 0.1) is 5.82 Å². The zero-order chi connectivity index (χ0) is 23.8. The maximum absolute atomic E-state index is 13.3. The Hall–Kier alpha value is -1.71. The molecule has 0 N–H and O–H groups in total. The molecule has 2 heterocycles.